The van der Waals surface area contributed by atoms with Gasteiger partial charge in [-0.05, 0) is 36.8 Å². The molecule has 0 atom stereocenters. The highest BCUT2D eigenvalue weighted by Gasteiger charge is 2.30. The monoisotopic (exact) mass is 378 g/mol. The lowest BCUT2D eigenvalue weighted by Crippen LogP contribution is -2.32. The van der Waals surface area contributed by atoms with Gasteiger partial charge in [-0.25, -0.2) is 0 Å². The standard InChI is InChI=1S/C19H17F3N2OS/c1-13-3-2-4-15(11-13)17(25)24-10-9-23-18(24)26-12-14-5-7-16(8-6-14)19(20,21)22/h2-8,11H,9-10,12H2,1H3. The summed E-state index contributed by atoms with van der Waals surface area (Å²) in [6.45, 7) is 2.98. The Hall–Kier alpha value is -2.28. The van der Waals surface area contributed by atoms with E-state index in [9.17, 15) is 18.0 Å². The Balaban J connectivity index is 1.65. The van der Waals surface area contributed by atoms with Crippen molar-refractivity contribution in [2.45, 2.75) is 18.9 Å². The van der Waals surface area contributed by atoms with Crippen LogP contribution < -0.4 is 0 Å². The first-order valence-electron chi connectivity index (χ1n) is 8.06. The molecule has 1 aliphatic heterocycles. The zero-order valence-corrected chi connectivity index (χ0v) is 14.9. The Bertz CT molecular complexity index is 831. The fourth-order valence-corrected chi connectivity index (χ4v) is 3.61. The molecule has 7 heteroatoms. The van der Waals surface area contributed by atoms with Crippen LogP contribution in [0.25, 0.3) is 0 Å². The molecule has 136 valence electrons. The quantitative estimate of drug-likeness (QED) is 0.772. The number of aliphatic imine (C=N–C) groups is 1. The summed E-state index contributed by atoms with van der Waals surface area (Å²) in [5, 5.41) is 0.608. The Morgan fingerprint density at radius 2 is 1.92 bits per heavy atom. The number of benzene rings is 2. The van der Waals surface area contributed by atoms with Crippen LogP contribution in [0, 0.1) is 6.92 Å². The van der Waals surface area contributed by atoms with Gasteiger partial charge in [0.1, 0.15) is 0 Å². The number of alkyl halides is 3. The average Bonchev–Trinajstić information content (AvgIpc) is 3.07. The van der Waals surface area contributed by atoms with E-state index in [2.05, 4.69) is 4.99 Å². The molecule has 0 aliphatic carbocycles. The van der Waals surface area contributed by atoms with Gasteiger partial charge in [-0.15, -0.1) is 0 Å². The zero-order valence-electron chi connectivity index (χ0n) is 14.1. The number of hydrogen-bond acceptors (Lipinski definition) is 3. The smallest absolute Gasteiger partial charge is 0.286 e. The summed E-state index contributed by atoms with van der Waals surface area (Å²) in [6.07, 6.45) is -4.34. The van der Waals surface area contributed by atoms with Crippen LogP contribution in [0.1, 0.15) is 27.0 Å². The van der Waals surface area contributed by atoms with Crippen LogP contribution in [0.3, 0.4) is 0 Å². The van der Waals surface area contributed by atoms with Crippen molar-refractivity contribution in [2.24, 2.45) is 4.99 Å². The molecule has 0 unspecified atom stereocenters. The van der Waals surface area contributed by atoms with E-state index in [4.69, 9.17) is 0 Å². The molecular formula is C19H17F3N2OS. The fourth-order valence-electron chi connectivity index (χ4n) is 2.61. The summed E-state index contributed by atoms with van der Waals surface area (Å²) in [7, 11) is 0. The molecule has 0 bridgehead atoms. The highest BCUT2D eigenvalue weighted by molar-refractivity contribution is 8.13. The minimum atomic E-state index is -4.34. The molecule has 2 aromatic carbocycles. The van der Waals surface area contributed by atoms with Crippen molar-refractivity contribution in [1.29, 1.82) is 0 Å². The highest BCUT2D eigenvalue weighted by atomic mass is 32.2. The maximum Gasteiger partial charge on any atom is 0.416 e. The highest BCUT2D eigenvalue weighted by Crippen LogP contribution is 2.30. The van der Waals surface area contributed by atoms with Crippen LogP contribution in [-0.4, -0.2) is 29.1 Å². The largest absolute Gasteiger partial charge is 0.416 e. The van der Waals surface area contributed by atoms with Gasteiger partial charge in [-0.3, -0.25) is 14.7 Å². The number of carbonyl (C=O) groups excluding carboxylic acids is 1. The lowest BCUT2D eigenvalue weighted by atomic mass is 10.1. The van der Waals surface area contributed by atoms with Crippen LogP contribution in [0.5, 0.6) is 0 Å². The Morgan fingerprint density at radius 3 is 2.58 bits per heavy atom. The second-order valence-corrected chi connectivity index (χ2v) is 6.92. The molecule has 1 heterocycles. The van der Waals surface area contributed by atoms with Crippen molar-refractivity contribution in [3.8, 4) is 0 Å². The summed E-state index contributed by atoms with van der Waals surface area (Å²) in [4.78, 5) is 18.7. The summed E-state index contributed by atoms with van der Waals surface area (Å²) >= 11 is 1.36. The van der Waals surface area contributed by atoms with E-state index in [1.807, 2.05) is 25.1 Å². The van der Waals surface area contributed by atoms with E-state index >= 15 is 0 Å². The predicted octanol–water partition coefficient (Wildman–Crippen LogP) is 4.76. The molecule has 0 fully saturated rings. The van der Waals surface area contributed by atoms with Crippen LogP contribution in [0.2, 0.25) is 0 Å². The van der Waals surface area contributed by atoms with Gasteiger partial charge < -0.3 is 0 Å². The third-order valence-corrected chi connectivity index (χ3v) is 5.05. The Labute approximate surface area is 153 Å². The second kappa shape index (κ2) is 7.53. The number of thioether (sulfide) groups is 1. The molecule has 0 saturated carbocycles. The predicted molar refractivity (Wildman–Crippen MR) is 97.3 cm³/mol. The van der Waals surface area contributed by atoms with E-state index < -0.39 is 11.7 Å². The number of rotatable bonds is 3. The third kappa shape index (κ3) is 4.27. The van der Waals surface area contributed by atoms with Gasteiger partial charge in [0, 0.05) is 17.9 Å². The lowest BCUT2D eigenvalue weighted by molar-refractivity contribution is -0.137. The first-order chi connectivity index (χ1) is 12.3. The first-order valence-corrected chi connectivity index (χ1v) is 9.05. The maximum atomic E-state index is 12.7. The fraction of sp³-hybridized carbons (Fsp3) is 0.263. The molecule has 26 heavy (non-hydrogen) atoms. The summed E-state index contributed by atoms with van der Waals surface area (Å²) in [6, 6.07) is 12.4. The molecular weight excluding hydrogens is 361 g/mol. The minimum absolute atomic E-state index is 0.107. The molecule has 0 saturated heterocycles. The van der Waals surface area contributed by atoms with E-state index in [0.29, 0.717) is 29.6 Å². The van der Waals surface area contributed by atoms with Crippen LogP contribution in [0.4, 0.5) is 13.2 Å². The summed E-state index contributed by atoms with van der Waals surface area (Å²) in [5.41, 5.74) is 1.70. The number of amidine groups is 1. The molecule has 1 amide bonds. The molecule has 0 spiro atoms. The van der Waals surface area contributed by atoms with Gasteiger partial charge in [0.15, 0.2) is 5.17 Å². The normalized spacial score (nSPS) is 14.5. The Morgan fingerprint density at radius 1 is 1.19 bits per heavy atom. The van der Waals surface area contributed by atoms with Crippen molar-refractivity contribution in [2.75, 3.05) is 13.1 Å². The zero-order chi connectivity index (χ0) is 18.7. The van der Waals surface area contributed by atoms with Crippen molar-refractivity contribution < 1.29 is 18.0 Å². The van der Waals surface area contributed by atoms with Crippen molar-refractivity contribution >= 4 is 22.8 Å². The van der Waals surface area contributed by atoms with Crippen molar-refractivity contribution in [3.05, 3.63) is 70.8 Å². The Kier molecular flexibility index (Phi) is 5.36. The molecule has 3 rings (SSSR count). The minimum Gasteiger partial charge on any atom is -0.286 e. The molecule has 0 aromatic heterocycles. The summed E-state index contributed by atoms with van der Waals surface area (Å²) in [5.74, 6) is 0.346. The molecule has 1 aliphatic rings. The number of carbonyl (C=O) groups is 1. The van der Waals surface area contributed by atoms with E-state index in [-0.39, 0.29) is 5.91 Å². The second-order valence-electron chi connectivity index (χ2n) is 5.97. The van der Waals surface area contributed by atoms with Gasteiger partial charge in [0.25, 0.3) is 5.91 Å². The van der Waals surface area contributed by atoms with E-state index in [1.165, 1.54) is 23.9 Å². The van der Waals surface area contributed by atoms with Gasteiger partial charge in [0.05, 0.1) is 12.1 Å². The third-order valence-electron chi connectivity index (χ3n) is 3.96. The summed E-state index contributed by atoms with van der Waals surface area (Å²) < 4.78 is 37.8. The number of nitrogens with zero attached hydrogens (tertiary/aromatic N) is 2. The van der Waals surface area contributed by atoms with Gasteiger partial charge in [-0.1, -0.05) is 41.6 Å². The van der Waals surface area contributed by atoms with Gasteiger partial charge in [0.2, 0.25) is 0 Å². The number of hydrogen-bond donors (Lipinski definition) is 0. The number of amides is 1. The van der Waals surface area contributed by atoms with Crippen LogP contribution in [-0.2, 0) is 11.9 Å². The van der Waals surface area contributed by atoms with Crippen LogP contribution in [0.15, 0.2) is 53.5 Å². The number of halogens is 3. The van der Waals surface area contributed by atoms with Crippen molar-refractivity contribution in [3.63, 3.8) is 0 Å². The van der Waals surface area contributed by atoms with Gasteiger partial charge >= 0.3 is 6.18 Å². The molecule has 2 aromatic rings. The topological polar surface area (TPSA) is 32.7 Å². The maximum absolute atomic E-state index is 12.7. The first kappa shape index (κ1) is 18.5. The van der Waals surface area contributed by atoms with Crippen molar-refractivity contribution in [1.82, 2.24) is 4.90 Å². The molecule has 3 nitrogen and oxygen atoms in total. The SMILES string of the molecule is Cc1cccc(C(=O)N2CCN=C2SCc2ccc(C(F)(F)F)cc2)c1. The molecule has 0 radical (unpaired) electrons. The van der Waals surface area contributed by atoms with E-state index in [1.54, 1.807) is 11.0 Å². The van der Waals surface area contributed by atoms with E-state index in [0.717, 1.165) is 23.3 Å². The van der Waals surface area contributed by atoms with Gasteiger partial charge in [-0.2, -0.15) is 13.2 Å². The average molecular weight is 378 g/mol. The number of aryl methyl sites for hydroxylation is 1. The lowest BCUT2D eigenvalue weighted by Gasteiger charge is -2.18. The van der Waals surface area contributed by atoms with Crippen LogP contribution >= 0.6 is 11.8 Å². The molecule has 0 N–H and O–H groups in total.